The van der Waals surface area contributed by atoms with E-state index in [9.17, 15) is 4.79 Å². The maximum atomic E-state index is 11.5. The summed E-state index contributed by atoms with van der Waals surface area (Å²) in [6, 6.07) is 8.69. The molecule has 0 aliphatic carbocycles. The van der Waals surface area contributed by atoms with Crippen molar-refractivity contribution in [2.45, 2.75) is 12.8 Å². The van der Waals surface area contributed by atoms with Gasteiger partial charge in [0.2, 0.25) is 0 Å². The van der Waals surface area contributed by atoms with Crippen LogP contribution in [0.4, 0.5) is 10.5 Å². The summed E-state index contributed by atoms with van der Waals surface area (Å²) in [7, 11) is 0. The third-order valence-electron chi connectivity index (χ3n) is 3.18. The highest BCUT2D eigenvalue weighted by Gasteiger charge is 2.14. The molecule has 0 aromatic heterocycles. The minimum atomic E-state index is -0.448. The highest BCUT2D eigenvalue weighted by molar-refractivity contribution is 5.84. The highest BCUT2D eigenvalue weighted by atomic mass is 16.5. The molecule has 1 amide bonds. The fourth-order valence-electron chi connectivity index (χ4n) is 2.06. The molecular formula is C14H17N3O2. The average Bonchev–Trinajstić information content (AvgIpc) is 2.93. The molecule has 100 valence electrons. The van der Waals surface area contributed by atoms with Gasteiger partial charge in [0, 0.05) is 5.69 Å². The number of anilines is 1. The first-order valence-electron chi connectivity index (χ1n) is 6.42. The molecule has 0 radical (unpaired) electrons. The van der Waals surface area contributed by atoms with E-state index in [4.69, 9.17) is 10.00 Å². The van der Waals surface area contributed by atoms with E-state index < -0.39 is 6.09 Å². The van der Waals surface area contributed by atoms with E-state index in [0.29, 0.717) is 23.8 Å². The molecule has 1 aliphatic rings. The van der Waals surface area contributed by atoms with Gasteiger partial charge in [0.25, 0.3) is 0 Å². The molecule has 0 bridgehead atoms. The number of carbonyl (C=O) groups excluding carboxylic acids is 1. The Bertz CT molecular complexity index is 459. The quantitative estimate of drug-likeness (QED) is 0.868. The number of ether oxygens (including phenoxy) is 1. The maximum Gasteiger partial charge on any atom is 0.411 e. The monoisotopic (exact) mass is 259 g/mol. The Balaban J connectivity index is 1.69. The first-order valence-corrected chi connectivity index (χ1v) is 6.42. The van der Waals surface area contributed by atoms with E-state index in [1.165, 1.54) is 0 Å². The van der Waals surface area contributed by atoms with E-state index in [1.807, 2.05) is 6.07 Å². The molecule has 1 saturated heterocycles. The molecule has 1 aliphatic heterocycles. The van der Waals surface area contributed by atoms with Gasteiger partial charge in [-0.05, 0) is 56.1 Å². The summed E-state index contributed by atoms with van der Waals surface area (Å²) in [4.78, 5) is 11.5. The number of nitrogens with zero attached hydrogens (tertiary/aromatic N) is 1. The largest absolute Gasteiger partial charge is 0.449 e. The van der Waals surface area contributed by atoms with Gasteiger partial charge < -0.3 is 10.1 Å². The molecule has 1 atom stereocenters. The third-order valence-corrected chi connectivity index (χ3v) is 3.18. The lowest BCUT2D eigenvalue weighted by atomic mass is 10.1. The van der Waals surface area contributed by atoms with Gasteiger partial charge in [-0.15, -0.1) is 0 Å². The predicted octanol–water partition coefficient (Wildman–Crippen LogP) is 2.11. The molecule has 1 unspecified atom stereocenters. The molecule has 1 aromatic carbocycles. The van der Waals surface area contributed by atoms with Crippen LogP contribution in [0.2, 0.25) is 0 Å². The summed E-state index contributed by atoms with van der Waals surface area (Å²) in [5, 5.41) is 14.6. The lowest BCUT2D eigenvalue weighted by molar-refractivity contribution is 0.154. The van der Waals surface area contributed by atoms with Gasteiger partial charge in [0.15, 0.2) is 0 Å². The molecule has 1 heterocycles. The summed E-state index contributed by atoms with van der Waals surface area (Å²) in [5.74, 6) is 0.614. The Morgan fingerprint density at radius 1 is 1.47 bits per heavy atom. The Hall–Kier alpha value is -2.06. The summed E-state index contributed by atoms with van der Waals surface area (Å²) in [6.07, 6.45) is 1.60. The van der Waals surface area contributed by atoms with E-state index >= 15 is 0 Å². The van der Waals surface area contributed by atoms with Crippen molar-refractivity contribution >= 4 is 11.8 Å². The zero-order valence-corrected chi connectivity index (χ0v) is 10.7. The number of carbonyl (C=O) groups is 1. The third kappa shape index (κ3) is 4.27. The van der Waals surface area contributed by atoms with E-state index in [0.717, 1.165) is 25.9 Å². The van der Waals surface area contributed by atoms with Crippen molar-refractivity contribution in [3.05, 3.63) is 29.8 Å². The van der Waals surface area contributed by atoms with Crippen LogP contribution in [0.15, 0.2) is 24.3 Å². The predicted molar refractivity (Wildman–Crippen MR) is 71.7 cm³/mol. The van der Waals surface area contributed by atoms with Gasteiger partial charge in [-0.25, -0.2) is 4.79 Å². The van der Waals surface area contributed by atoms with Crippen molar-refractivity contribution in [1.29, 1.82) is 5.26 Å². The van der Waals surface area contributed by atoms with Crippen molar-refractivity contribution in [3.63, 3.8) is 0 Å². The smallest absolute Gasteiger partial charge is 0.411 e. The van der Waals surface area contributed by atoms with Crippen LogP contribution in [0.5, 0.6) is 0 Å². The van der Waals surface area contributed by atoms with E-state index in [-0.39, 0.29) is 0 Å². The number of benzene rings is 1. The summed E-state index contributed by atoms with van der Waals surface area (Å²) in [5.41, 5.74) is 1.19. The summed E-state index contributed by atoms with van der Waals surface area (Å²) in [6.45, 7) is 2.51. The second-order valence-corrected chi connectivity index (χ2v) is 4.60. The Labute approximate surface area is 112 Å². The van der Waals surface area contributed by atoms with Crippen LogP contribution in [-0.4, -0.2) is 25.8 Å². The molecule has 5 nitrogen and oxygen atoms in total. The lowest BCUT2D eigenvalue weighted by Crippen LogP contribution is -2.17. The first-order chi connectivity index (χ1) is 9.28. The fraction of sp³-hybridized carbons (Fsp3) is 0.429. The van der Waals surface area contributed by atoms with Crippen molar-refractivity contribution in [2.75, 3.05) is 25.0 Å². The fourth-order valence-corrected chi connectivity index (χ4v) is 2.06. The molecule has 0 saturated carbocycles. The van der Waals surface area contributed by atoms with Gasteiger partial charge in [-0.3, -0.25) is 5.32 Å². The summed E-state index contributed by atoms with van der Waals surface area (Å²) < 4.78 is 5.12. The van der Waals surface area contributed by atoms with Crippen LogP contribution in [0.1, 0.15) is 18.4 Å². The van der Waals surface area contributed by atoms with E-state index in [2.05, 4.69) is 10.6 Å². The summed E-state index contributed by atoms with van der Waals surface area (Å²) >= 11 is 0. The standard InChI is InChI=1S/C14H17N3O2/c15-9-11-1-3-13(4-2-11)17-14(18)19-8-6-12-5-7-16-10-12/h1-4,12,16H,5-8,10H2,(H,17,18). The number of nitriles is 1. The number of hydrogen-bond acceptors (Lipinski definition) is 4. The topological polar surface area (TPSA) is 74.2 Å². The van der Waals surface area contributed by atoms with Gasteiger partial charge >= 0.3 is 6.09 Å². The normalized spacial score (nSPS) is 17.7. The van der Waals surface area contributed by atoms with Gasteiger partial charge in [-0.1, -0.05) is 0 Å². The molecular weight excluding hydrogens is 242 g/mol. The first kappa shape index (κ1) is 13.4. The lowest BCUT2D eigenvalue weighted by Gasteiger charge is -2.09. The van der Waals surface area contributed by atoms with Crippen molar-refractivity contribution in [3.8, 4) is 6.07 Å². The number of nitrogens with one attached hydrogen (secondary N) is 2. The SMILES string of the molecule is N#Cc1ccc(NC(=O)OCCC2CCNC2)cc1. The molecule has 0 spiro atoms. The van der Waals surface area contributed by atoms with Crippen LogP contribution >= 0.6 is 0 Å². The molecule has 1 fully saturated rings. The van der Waals surface area contributed by atoms with Crippen LogP contribution in [0, 0.1) is 17.2 Å². The maximum absolute atomic E-state index is 11.5. The number of rotatable bonds is 4. The van der Waals surface area contributed by atoms with Gasteiger partial charge in [-0.2, -0.15) is 5.26 Å². The zero-order chi connectivity index (χ0) is 13.5. The molecule has 1 aromatic rings. The van der Waals surface area contributed by atoms with Crippen LogP contribution < -0.4 is 10.6 Å². The van der Waals surface area contributed by atoms with Crippen molar-refractivity contribution < 1.29 is 9.53 Å². The van der Waals surface area contributed by atoms with Gasteiger partial charge in [0.05, 0.1) is 18.2 Å². The highest BCUT2D eigenvalue weighted by Crippen LogP contribution is 2.12. The molecule has 19 heavy (non-hydrogen) atoms. The van der Waals surface area contributed by atoms with Crippen LogP contribution in [0.3, 0.4) is 0 Å². The van der Waals surface area contributed by atoms with E-state index in [1.54, 1.807) is 24.3 Å². The number of hydrogen-bond donors (Lipinski definition) is 2. The van der Waals surface area contributed by atoms with Gasteiger partial charge in [0.1, 0.15) is 0 Å². The van der Waals surface area contributed by atoms with Crippen molar-refractivity contribution in [2.24, 2.45) is 5.92 Å². The Morgan fingerprint density at radius 3 is 2.89 bits per heavy atom. The Kier molecular flexibility index (Phi) is 4.76. The second-order valence-electron chi connectivity index (χ2n) is 4.60. The molecule has 5 heteroatoms. The number of amides is 1. The average molecular weight is 259 g/mol. The minimum absolute atomic E-state index is 0.439. The second kappa shape index (κ2) is 6.76. The zero-order valence-electron chi connectivity index (χ0n) is 10.7. The molecule has 2 N–H and O–H groups in total. The van der Waals surface area contributed by atoms with Crippen LogP contribution in [-0.2, 0) is 4.74 Å². The Morgan fingerprint density at radius 2 is 2.26 bits per heavy atom. The van der Waals surface area contributed by atoms with Crippen LogP contribution in [0.25, 0.3) is 0 Å². The van der Waals surface area contributed by atoms with Crippen molar-refractivity contribution in [1.82, 2.24) is 5.32 Å². The molecule has 2 rings (SSSR count). The minimum Gasteiger partial charge on any atom is -0.449 e.